The molecular formula is C21H29N5O3. The number of carbonyl (C=O) groups is 2. The van der Waals surface area contributed by atoms with Crippen LogP contribution in [0.25, 0.3) is 0 Å². The SMILES string of the molecule is O=C(NC1CC2(C1)CN(C(=O)C1CCC3NNNC3C1)C2)OCc1ccccc1. The van der Waals surface area contributed by atoms with Crippen LogP contribution in [0.4, 0.5) is 4.79 Å². The standard InChI is InChI=1S/C21H29N5O3/c27-19(15-6-7-17-18(8-15)24-25-23-17)26-12-21(13-26)9-16(10-21)22-20(28)29-11-14-4-2-1-3-5-14/h1-5,15-18,23-25H,6-13H2,(H,22,28). The van der Waals surface area contributed by atoms with Crippen molar-refractivity contribution in [3.05, 3.63) is 35.9 Å². The molecule has 3 atom stereocenters. The fourth-order valence-electron chi connectivity index (χ4n) is 5.41. The van der Waals surface area contributed by atoms with Crippen molar-refractivity contribution in [1.82, 2.24) is 26.6 Å². The summed E-state index contributed by atoms with van der Waals surface area (Å²) in [4.78, 5) is 26.9. The maximum atomic E-state index is 12.8. The van der Waals surface area contributed by atoms with Crippen molar-refractivity contribution in [2.24, 2.45) is 11.3 Å². The Morgan fingerprint density at radius 3 is 2.66 bits per heavy atom. The zero-order chi connectivity index (χ0) is 19.8. The molecule has 5 rings (SSSR count). The number of fused-ring (bicyclic) bond motifs is 1. The van der Waals surface area contributed by atoms with Gasteiger partial charge in [-0.3, -0.25) is 4.79 Å². The molecule has 29 heavy (non-hydrogen) atoms. The Labute approximate surface area is 170 Å². The molecule has 8 heteroatoms. The number of alkyl carbamates (subject to hydrolysis) is 1. The molecule has 2 aliphatic heterocycles. The van der Waals surface area contributed by atoms with Gasteiger partial charge in [-0.25, -0.2) is 15.6 Å². The van der Waals surface area contributed by atoms with Crippen LogP contribution in [0.5, 0.6) is 0 Å². The molecule has 2 saturated carbocycles. The van der Waals surface area contributed by atoms with Crippen LogP contribution in [-0.2, 0) is 16.1 Å². The molecule has 4 fully saturated rings. The summed E-state index contributed by atoms with van der Waals surface area (Å²) in [6.45, 7) is 1.95. The molecule has 1 aromatic carbocycles. The van der Waals surface area contributed by atoms with Crippen LogP contribution in [0.15, 0.2) is 30.3 Å². The van der Waals surface area contributed by atoms with Gasteiger partial charge in [-0.1, -0.05) is 30.3 Å². The monoisotopic (exact) mass is 399 g/mol. The highest BCUT2D eigenvalue weighted by atomic mass is 16.5. The van der Waals surface area contributed by atoms with Gasteiger partial charge < -0.3 is 15.0 Å². The summed E-state index contributed by atoms with van der Waals surface area (Å²) >= 11 is 0. The van der Waals surface area contributed by atoms with Crippen LogP contribution in [0, 0.1) is 11.3 Å². The molecule has 4 N–H and O–H groups in total. The topological polar surface area (TPSA) is 94.7 Å². The van der Waals surface area contributed by atoms with E-state index in [-0.39, 0.29) is 30.1 Å². The Morgan fingerprint density at radius 1 is 1.10 bits per heavy atom. The Morgan fingerprint density at radius 2 is 1.86 bits per heavy atom. The summed E-state index contributed by atoms with van der Waals surface area (Å²) in [6, 6.07) is 10.6. The maximum Gasteiger partial charge on any atom is 0.407 e. The third-order valence-electron chi connectivity index (χ3n) is 6.97. The fraction of sp³-hybridized carbons (Fsp3) is 0.619. The number of nitrogens with zero attached hydrogens (tertiary/aromatic N) is 1. The number of likely N-dealkylation sites (tertiary alicyclic amines) is 1. The quantitative estimate of drug-likeness (QED) is 0.605. The molecule has 2 saturated heterocycles. The molecule has 1 aromatic rings. The maximum absolute atomic E-state index is 12.8. The second kappa shape index (κ2) is 7.59. The van der Waals surface area contributed by atoms with Gasteiger partial charge in [0.1, 0.15) is 6.61 Å². The van der Waals surface area contributed by atoms with Crippen LogP contribution < -0.4 is 21.7 Å². The van der Waals surface area contributed by atoms with Gasteiger partial charge in [-0.2, -0.15) is 5.53 Å². The average molecular weight is 399 g/mol. The molecule has 1 spiro atoms. The van der Waals surface area contributed by atoms with Gasteiger partial charge in [0, 0.05) is 42.5 Å². The lowest BCUT2D eigenvalue weighted by atomic mass is 9.60. The highest BCUT2D eigenvalue weighted by Gasteiger charge is 2.55. The van der Waals surface area contributed by atoms with Crippen molar-refractivity contribution in [1.29, 1.82) is 0 Å². The normalized spacial score (nSPS) is 30.2. The Kier molecular flexibility index (Phi) is 4.93. The molecule has 0 bridgehead atoms. The van der Waals surface area contributed by atoms with E-state index in [4.69, 9.17) is 4.74 Å². The first-order valence-electron chi connectivity index (χ1n) is 10.6. The van der Waals surface area contributed by atoms with Gasteiger partial charge in [0.05, 0.1) is 0 Å². The molecule has 156 valence electrons. The summed E-state index contributed by atoms with van der Waals surface area (Å²) in [5.41, 5.74) is 10.6. The van der Waals surface area contributed by atoms with E-state index < -0.39 is 0 Å². The van der Waals surface area contributed by atoms with Crippen molar-refractivity contribution in [2.75, 3.05) is 13.1 Å². The van der Waals surface area contributed by atoms with Gasteiger partial charge in [-0.15, -0.1) is 0 Å². The summed E-state index contributed by atoms with van der Waals surface area (Å²) in [5, 5.41) is 2.96. The molecule has 2 heterocycles. The van der Waals surface area contributed by atoms with Crippen LogP contribution in [0.1, 0.15) is 37.7 Å². The van der Waals surface area contributed by atoms with Gasteiger partial charge in [0.25, 0.3) is 0 Å². The number of hydrazine groups is 2. The Bertz CT molecular complexity index is 759. The molecule has 0 aromatic heterocycles. The van der Waals surface area contributed by atoms with Gasteiger partial charge in [0.15, 0.2) is 0 Å². The van der Waals surface area contributed by atoms with Crippen LogP contribution in [-0.4, -0.2) is 48.1 Å². The highest BCUT2D eigenvalue weighted by Crippen LogP contribution is 2.49. The average Bonchev–Trinajstić information content (AvgIpc) is 3.15. The lowest BCUT2D eigenvalue weighted by Crippen LogP contribution is -2.68. The number of ether oxygens (including phenoxy) is 1. The number of hydrogen-bond donors (Lipinski definition) is 4. The Balaban J connectivity index is 1.02. The molecule has 3 unspecified atom stereocenters. The summed E-state index contributed by atoms with van der Waals surface area (Å²) < 4.78 is 5.30. The van der Waals surface area contributed by atoms with Crippen molar-refractivity contribution >= 4 is 12.0 Å². The lowest BCUT2D eigenvalue weighted by molar-refractivity contribution is -0.157. The fourth-order valence-corrected chi connectivity index (χ4v) is 5.41. The van der Waals surface area contributed by atoms with Crippen molar-refractivity contribution in [3.63, 3.8) is 0 Å². The zero-order valence-electron chi connectivity index (χ0n) is 16.5. The molecule has 2 aliphatic carbocycles. The number of amides is 2. The van der Waals surface area contributed by atoms with E-state index in [9.17, 15) is 9.59 Å². The van der Waals surface area contributed by atoms with Crippen LogP contribution in [0.3, 0.4) is 0 Å². The lowest BCUT2D eigenvalue weighted by Gasteiger charge is -2.59. The third-order valence-corrected chi connectivity index (χ3v) is 6.97. The first-order valence-corrected chi connectivity index (χ1v) is 10.6. The third kappa shape index (κ3) is 3.84. The minimum Gasteiger partial charge on any atom is -0.445 e. The van der Waals surface area contributed by atoms with Gasteiger partial charge in [-0.05, 0) is 37.7 Å². The predicted molar refractivity (Wildman–Crippen MR) is 106 cm³/mol. The summed E-state index contributed by atoms with van der Waals surface area (Å²) in [6.07, 6.45) is 4.38. The second-order valence-corrected chi connectivity index (χ2v) is 9.14. The molecular weight excluding hydrogens is 370 g/mol. The van der Waals surface area contributed by atoms with E-state index >= 15 is 0 Å². The molecule has 8 nitrogen and oxygen atoms in total. The van der Waals surface area contributed by atoms with E-state index in [1.165, 1.54) is 0 Å². The van der Waals surface area contributed by atoms with Crippen LogP contribution in [0.2, 0.25) is 0 Å². The van der Waals surface area contributed by atoms with E-state index in [0.29, 0.717) is 18.0 Å². The van der Waals surface area contributed by atoms with Gasteiger partial charge >= 0.3 is 6.09 Å². The first kappa shape index (κ1) is 18.8. The Hall–Kier alpha value is -2.16. The highest BCUT2D eigenvalue weighted by molar-refractivity contribution is 5.80. The van der Waals surface area contributed by atoms with E-state index in [1.54, 1.807) is 0 Å². The summed E-state index contributed by atoms with van der Waals surface area (Å²) in [7, 11) is 0. The minimum atomic E-state index is -0.357. The van der Waals surface area contributed by atoms with E-state index in [0.717, 1.165) is 50.8 Å². The van der Waals surface area contributed by atoms with E-state index in [1.807, 2.05) is 35.2 Å². The smallest absolute Gasteiger partial charge is 0.407 e. The number of rotatable bonds is 4. The van der Waals surface area contributed by atoms with Crippen LogP contribution >= 0.6 is 0 Å². The second-order valence-electron chi connectivity index (χ2n) is 9.14. The number of hydrogen-bond acceptors (Lipinski definition) is 6. The predicted octanol–water partition coefficient (Wildman–Crippen LogP) is 1.05. The molecule has 0 radical (unpaired) electrons. The summed E-state index contributed by atoms with van der Waals surface area (Å²) in [5.74, 6) is 0.436. The minimum absolute atomic E-state index is 0.129. The first-order chi connectivity index (χ1) is 14.1. The molecule has 4 aliphatic rings. The molecule has 2 amide bonds. The van der Waals surface area contributed by atoms with E-state index in [2.05, 4.69) is 21.7 Å². The number of carbonyl (C=O) groups excluding carboxylic acids is 2. The zero-order valence-corrected chi connectivity index (χ0v) is 16.5. The van der Waals surface area contributed by atoms with Crippen molar-refractivity contribution in [2.45, 2.75) is 56.8 Å². The number of benzene rings is 1. The number of nitrogens with one attached hydrogen (secondary N) is 4. The van der Waals surface area contributed by atoms with Gasteiger partial charge in [0.2, 0.25) is 5.91 Å². The largest absolute Gasteiger partial charge is 0.445 e. The van der Waals surface area contributed by atoms with Crippen molar-refractivity contribution < 1.29 is 14.3 Å². The van der Waals surface area contributed by atoms with Crippen molar-refractivity contribution in [3.8, 4) is 0 Å².